The van der Waals surface area contributed by atoms with E-state index in [1.807, 2.05) is 0 Å². The van der Waals surface area contributed by atoms with Crippen molar-refractivity contribution in [1.82, 2.24) is 20.4 Å². The van der Waals surface area contributed by atoms with Gasteiger partial charge < -0.3 is 10.6 Å². The number of aromatic nitrogens is 2. The Labute approximate surface area is 107 Å². The highest BCUT2D eigenvalue weighted by molar-refractivity contribution is 5.92. The van der Waals surface area contributed by atoms with E-state index < -0.39 is 0 Å². The first kappa shape index (κ1) is 11.7. The summed E-state index contributed by atoms with van der Waals surface area (Å²) in [6.07, 6.45) is 7.57. The van der Waals surface area contributed by atoms with E-state index in [1.54, 1.807) is 24.0 Å². The van der Waals surface area contributed by atoms with Crippen molar-refractivity contribution in [1.29, 1.82) is 0 Å². The van der Waals surface area contributed by atoms with Gasteiger partial charge in [-0.05, 0) is 44.7 Å². The number of carbonyl (C=O) groups excluding carboxylic acids is 1. The molecule has 1 aliphatic heterocycles. The van der Waals surface area contributed by atoms with Crippen LogP contribution in [0.2, 0.25) is 0 Å². The topological polar surface area (TPSA) is 59.0 Å². The van der Waals surface area contributed by atoms with Gasteiger partial charge in [-0.1, -0.05) is 0 Å². The third-order valence-corrected chi connectivity index (χ3v) is 4.33. The minimum Gasteiger partial charge on any atom is -0.348 e. The number of carbonyl (C=O) groups is 1. The van der Waals surface area contributed by atoms with Crippen molar-refractivity contribution in [3.8, 4) is 0 Å². The fourth-order valence-electron chi connectivity index (χ4n) is 3.12. The van der Waals surface area contributed by atoms with E-state index in [1.165, 1.54) is 19.3 Å². The summed E-state index contributed by atoms with van der Waals surface area (Å²) in [6.45, 7) is 1.01. The molecule has 1 spiro atoms. The monoisotopic (exact) mass is 248 g/mol. The van der Waals surface area contributed by atoms with Crippen LogP contribution < -0.4 is 10.6 Å². The molecule has 0 bridgehead atoms. The van der Waals surface area contributed by atoms with E-state index in [4.69, 9.17) is 0 Å². The summed E-state index contributed by atoms with van der Waals surface area (Å²) < 4.78 is 1.62. The van der Waals surface area contributed by atoms with Crippen molar-refractivity contribution < 1.29 is 4.79 Å². The largest absolute Gasteiger partial charge is 0.348 e. The van der Waals surface area contributed by atoms with Crippen molar-refractivity contribution in [3.63, 3.8) is 0 Å². The van der Waals surface area contributed by atoms with Crippen LogP contribution in [0.15, 0.2) is 12.3 Å². The fraction of sp³-hybridized carbons (Fsp3) is 0.692. The highest BCUT2D eigenvalue weighted by Gasteiger charge is 2.41. The third kappa shape index (κ3) is 2.03. The van der Waals surface area contributed by atoms with Crippen LogP contribution in [0.5, 0.6) is 0 Å². The van der Waals surface area contributed by atoms with E-state index in [0.29, 0.717) is 17.3 Å². The summed E-state index contributed by atoms with van der Waals surface area (Å²) >= 11 is 0. The Morgan fingerprint density at radius 2 is 2.44 bits per heavy atom. The molecule has 1 amide bonds. The maximum absolute atomic E-state index is 12.1. The number of amides is 1. The molecule has 1 saturated heterocycles. The van der Waals surface area contributed by atoms with Crippen LogP contribution in [0.1, 0.15) is 42.6 Å². The summed E-state index contributed by atoms with van der Waals surface area (Å²) in [5.41, 5.74) is 0.957. The molecule has 2 aliphatic rings. The lowest BCUT2D eigenvalue weighted by Gasteiger charge is -2.48. The van der Waals surface area contributed by atoms with Gasteiger partial charge in [0.05, 0.1) is 0 Å². The van der Waals surface area contributed by atoms with Crippen molar-refractivity contribution in [2.75, 3.05) is 6.54 Å². The van der Waals surface area contributed by atoms with Gasteiger partial charge in [0.15, 0.2) is 0 Å². The molecule has 98 valence electrons. The lowest BCUT2D eigenvalue weighted by molar-refractivity contribution is 0.0844. The summed E-state index contributed by atoms with van der Waals surface area (Å²) in [6, 6.07) is 2.06. The molecule has 1 unspecified atom stereocenters. The number of aryl methyl sites for hydroxylation is 1. The van der Waals surface area contributed by atoms with Gasteiger partial charge in [0.25, 0.3) is 5.91 Å². The van der Waals surface area contributed by atoms with Crippen LogP contribution in [0.25, 0.3) is 0 Å². The SMILES string of the molecule is Cn1nccc1C(=O)NC1CCNC2(CCC2)C1. The maximum atomic E-state index is 12.1. The van der Waals surface area contributed by atoms with Gasteiger partial charge in [-0.2, -0.15) is 5.10 Å². The molecule has 1 aromatic rings. The van der Waals surface area contributed by atoms with Crippen molar-refractivity contribution in [2.24, 2.45) is 7.05 Å². The zero-order chi connectivity index (χ0) is 12.6. The van der Waals surface area contributed by atoms with Crippen LogP contribution in [0, 0.1) is 0 Å². The molecule has 1 aromatic heterocycles. The summed E-state index contributed by atoms with van der Waals surface area (Å²) in [4.78, 5) is 12.1. The summed E-state index contributed by atoms with van der Waals surface area (Å²) in [5.74, 6) is -0.00336. The average Bonchev–Trinajstić information content (AvgIpc) is 2.74. The Balaban J connectivity index is 1.62. The Hall–Kier alpha value is -1.36. The molecule has 2 heterocycles. The number of rotatable bonds is 2. The van der Waals surface area contributed by atoms with Gasteiger partial charge in [-0.3, -0.25) is 9.48 Å². The normalized spacial score (nSPS) is 25.7. The first-order valence-corrected chi connectivity index (χ1v) is 6.72. The second-order valence-corrected chi connectivity index (χ2v) is 5.56. The Bertz CT molecular complexity index is 450. The van der Waals surface area contributed by atoms with Gasteiger partial charge in [-0.15, -0.1) is 0 Å². The van der Waals surface area contributed by atoms with Crippen LogP contribution >= 0.6 is 0 Å². The predicted octanol–water partition coefficient (Wildman–Crippen LogP) is 0.825. The molecule has 0 radical (unpaired) electrons. The molecule has 5 nitrogen and oxygen atoms in total. The number of piperidine rings is 1. The highest BCUT2D eigenvalue weighted by atomic mass is 16.2. The zero-order valence-corrected chi connectivity index (χ0v) is 10.8. The number of nitrogens with zero attached hydrogens (tertiary/aromatic N) is 2. The van der Waals surface area contributed by atoms with Gasteiger partial charge in [0.1, 0.15) is 5.69 Å². The van der Waals surface area contributed by atoms with Crippen LogP contribution in [-0.4, -0.2) is 33.8 Å². The molecule has 2 fully saturated rings. The lowest BCUT2D eigenvalue weighted by atomic mass is 9.70. The molecule has 2 N–H and O–H groups in total. The molecule has 18 heavy (non-hydrogen) atoms. The second-order valence-electron chi connectivity index (χ2n) is 5.56. The minimum atomic E-state index is -0.00336. The van der Waals surface area contributed by atoms with Gasteiger partial charge in [0.2, 0.25) is 0 Å². The molecular formula is C13H20N4O. The predicted molar refractivity (Wildman–Crippen MR) is 68.3 cm³/mol. The first-order chi connectivity index (χ1) is 8.69. The highest BCUT2D eigenvalue weighted by Crippen LogP contribution is 2.38. The molecular weight excluding hydrogens is 228 g/mol. The molecule has 1 saturated carbocycles. The number of hydrogen-bond acceptors (Lipinski definition) is 3. The molecule has 1 aliphatic carbocycles. The van der Waals surface area contributed by atoms with Gasteiger partial charge >= 0.3 is 0 Å². The number of nitrogens with one attached hydrogen (secondary N) is 2. The van der Waals surface area contributed by atoms with E-state index in [2.05, 4.69) is 15.7 Å². The maximum Gasteiger partial charge on any atom is 0.269 e. The molecule has 3 rings (SSSR count). The van der Waals surface area contributed by atoms with Crippen LogP contribution in [0.3, 0.4) is 0 Å². The Morgan fingerprint density at radius 3 is 3.06 bits per heavy atom. The quantitative estimate of drug-likeness (QED) is 0.815. The zero-order valence-electron chi connectivity index (χ0n) is 10.8. The standard InChI is InChI=1S/C13H20N4O/c1-17-11(4-8-15-17)12(18)16-10-3-7-14-13(9-10)5-2-6-13/h4,8,10,14H,2-3,5-7,9H2,1H3,(H,16,18). The summed E-state index contributed by atoms with van der Waals surface area (Å²) in [7, 11) is 1.80. The summed E-state index contributed by atoms with van der Waals surface area (Å²) in [5, 5.41) is 10.8. The Kier molecular flexibility index (Phi) is 2.86. The van der Waals surface area contributed by atoms with Crippen LogP contribution in [0.4, 0.5) is 0 Å². The average molecular weight is 248 g/mol. The lowest BCUT2D eigenvalue weighted by Crippen LogP contribution is -2.59. The molecule has 0 aromatic carbocycles. The van der Waals surface area contributed by atoms with E-state index >= 15 is 0 Å². The van der Waals surface area contributed by atoms with Gasteiger partial charge in [0, 0.05) is 24.8 Å². The van der Waals surface area contributed by atoms with Crippen molar-refractivity contribution in [2.45, 2.75) is 43.7 Å². The second kappa shape index (κ2) is 4.39. The molecule has 1 atom stereocenters. The van der Waals surface area contributed by atoms with Gasteiger partial charge in [-0.25, -0.2) is 0 Å². The smallest absolute Gasteiger partial charge is 0.269 e. The van der Waals surface area contributed by atoms with Crippen molar-refractivity contribution >= 4 is 5.91 Å². The fourth-order valence-corrected chi connectivity index (χ4v) is 3.12. The van der Waals surface area contributed by atoms with E-state index in [9.17, 15) is 4.79 Å². The Morgan fingerprint density at radius 1 is 1.61 bits per heavy atom. The van der Waals surface area contributed by atoms with Crippen molar-refractivity contribution in [3.05, 3.63) is 18.0 Å². The first-order valence-electron chi connectivity index (χ1n) is 6.72. The van der Waals surface area contributed by atoms with E-state index in [-0.39, 0.29) is 5.91 Å². The van der Waals surface area contributed by atoms with Crippen LogP contribution in [-0.2, 0) is 7.05 Å². The molecule has 5 heteroatoms. The van der Waals surface area contributed by atoms with E-state index in [0.717, 1.165) is 19.4 Å². The number of hydrogen-bond donors (Lipinski definition) is 2. The third-order valence-electron chi connectivity index (χ3n) is 4.33. The minimum absolute atomic E-state index is 0.00336.